The first-order valence-electron chi connectivity index (χ1n) is 9.54. The molecule has 6 nitrogen and oxygen atoms in total. The molecule has 0 spiro atoms. The zero-order valence-electron chi connectivity index (χ0n) is 16.7. The Morgan fingerprint density at radius 2 is 1.68 bits per heavy atom. The second-order valence-corrected chi connectivity index (χ2v) is 8.54. The number of benzene rings is 2. The summed E-state index contributed by atoms with van der Waals surface area (Å²) in [4.78, 5) is 14.7. The molecule has 0 aliphatic heterocycles. The molecule has 0 aromatic heterocycles. The van der Waals surface area contributed by atoms with Gasteiger partial charge in [-0.1, -0.05) is 18.2 Å². The summed E-state index contributed by atoms with van der Waals surface area (Å²) in [5.41, 5.74) is 1.61. The summed E-state index contributed by atoms with van der Waals surface area (Å²) in [6.07, 6.45) is 0.819. The van der Waals surface area contributed by atoms with Crippen molar-refractivity contribution in [1.82, 2.24) is 10.0 Å². The number of hydrogen-bond acceptors (Lipinski definition) is 4. The summed E-state index contributed by atoms with van der Waals surface area (Å²) in [7, 11) is -3.55. The summed E-state index contributed by atoms with van der Waals surface area (Å²) in [6.45, 7) is 7.93. The zero-order chi connectivity index (χ0) is 20.6. The van der Waals surface area contributed by atoms with Crippen molar-refractivity contribution in [2.45, 2.75) is 38.1 Å². The van der Waals surface area contributed by atoms with E-state index in [2.05, 4.69) is 34.0 Å². The van der Waals surface area contributed by atoms with E-state index >= 15 is 0 Å². The minimum Gasteiger partial charge on any atom is -0.372 e. The fraction of sp³-hybridized carbons (Fsp3) is 0.381. The van der Waals surface area contributed by atoms with Gasteiger partial charge in [-0.2, -0.15) is 0 Å². The number of rotatable bonds is 10. The van der Waals surface area contributed by atoms with Gasteiger partial charge in [-0.05, 0) is 63.6 Å². The lowest BCUT2D eigenvalue weighted by Crippen LogP contribution is -2.31. The number of anilines is 1. The molecule has 0 atom stereocenters. The fourth-order valence-electron chi connectivity index (χ4n) is 2.85. The maximum absolute atomic E-state index is 12.3. The van der Waals surface area contributed by atoms with Crippen LogP contribution in [0.4, 0.5) is 5.69 Å². The van der Waals surface area contributed by atoms with Gasteiger partial charge in [0.2, 0.25) is 10.0 Å². The average Bonchev–Trinajstić information content (AvgIpc) is 2.67. The molecule has 7 heteroatoms. The number of carbonyl (C=O) groups is 1. The first-order chi connectivity index (χ1) is 13.3. The van der Waals surface area contributed by atoms with Crippen LogP contribution in [0.15, 0.2) is 59.5 Å². The highest BCUT2D eigenvalue weighted by molar-refractivity contribution is 7.89. The maximum atomic E-state index is 12.3. The molecule has 0 aliphatic rings. The molecule has 152 valence electrons. The van der Waals surface area contributed by atoms with Crippen molar-refractivity contribution in [3.63, 3.8) is 0 Å². The third-order valence-electron chi connectivity index (χ3n) is 4.21. The highest BCUT2D eigenvalue weighted by Crippen LogP contribution is 2.13. The van der Waals surface area contributed by atoms with Gasteiger partial charge in [-0.25, -0.2) is 13.1 Å². The summed E-state index contributed by atoms with van der Waals surface area (Å²) in [5, 5.41) is 2.89. The van der Waals surface area contributed by atoms with Gasteiger partial charge in [-0.3, -0.25) is 4.79 Å². The largest absolute Gasteiger partial charge is 0.372 e. The number of para-hydroxylation sites is 1. The van der Waals surface area contributed by atoms with Gasteiger partial charge in [0.15, 0.2) is 0 Å². The van der Waals surface area contributed by atoms with E-state index in [1.165, 1.54) is 30.0 Å². The van der Waals surface area contributed by atoms with Crippen molar-refractivity contribution in [3.8, 4) is 0 Å². The lowest BCUT2D eigenvalue weighted by atomic mass is 10.2. The van der Waals surface area contributed by atoms with E-state index in [1.807, 2.05) is 18.2 Å². The molecule has 0 bridgehead atoms. The van der Waals surface area contributed by atoms with Gasteiger partial charge < -0.3 is 10.2 Å². The Balaban J connectivity index is 1.85. The van der Waals surface area contributed by atoms with Gasteiger partial charge in [-0.15, -0.1) is 0 Å². The highest BCUT2D eigenvalue weighted by Gasteiger charge is 2.16. The second-order valence-electron chi connectivity index (χ2n) is 6.83. The lowest BCUT2D eigenvalue weighted by Gasteiger charge is -2.23. The topological polar surface area (TPSA) is 78.5 Å². The fourth-order valence-corrected chi connectivity index (χ4v) is 4.10. The normalized spacial score (nSPS) is 11.4. The Morgan fingerprint density at radius 1 is 1.04 bits per heavy atom. The van der Waals surface area contributed by atoms with Crippen molar-refractivity contribution < 1.29 is 13.2 Å². The number of hydrogen-bond donors (Lipinski definition) is 2. The first kappa shape index (κ1) is 21.9. The minimum absolute atomic E-state index is 0.152. The zero-order valence-corrected chi connectivity index (χ0v) is 17.5. The van der Waals surface area contributed by atoms with Crippen LogP contribution in [0.5, 0.6) is 0 Å². The summed E-state index contributed by atoms with van der Waals surface area (Å²) < 4.78 is 26.8. The van der Waals surface area contributed by atoms with Crippen LogP contribution >= 0.6 is 0 Å². The van der Waals surface area contributed by atoms with E-state index in [0.717, 1.165) is 19.5 Å². The Kier molecular flexibility index (Phi) is 8.02. The Bertz CT molecular complexity index is 850. The number of sulfonamides is 1. The van der Waals surface area contributed by atoms with Crippen molar-refractivity contribution in [2.75, 3.05) is 24.5 Å². The lowest BCUT2D eigenvalue weighted by molar-refractivity contribution is 0.0953. The van der Waals surface area contributed by atoms with Crippen LogP contribution in [0.3, 0.4) is 0 Å². The van der Waals surface area contributed by atoms with E-state index in [1.54, 1.807) is 13.8 Å². The van der Waals surface area contributed by atoms with Crippen LogP contribution in [0.2, 0.25) is 0 Å². The molecule has 2 N–H and O–H groups in total. The Labute approximate surface area is 168 Å². The number of nitrogens with one attached hydrogen (secondary N) is 2. The molecular formula is C21H29N3O3S. The molecular weight excluding hydrogens is 374 g/mol. The summed E-state index contributed by atoms with van der Waals surface area (Å²) in [6, 6.07) is 16.0. The minimum atomic E-state index is -3.55. The molecule has 2 aromatic carbocycles. The molecule has 28 heavy (non-hydrogen) atoms. The average molecular weight is 404 g/mol. The van der Waals surface area contributed by atoms with Crippen LogP contribution in [0.1, 0.15) is 37.6 Å². The summed E-state index contributed by atoms with van der Waals surface area (Å²) in [5.74, 6) is -0.205. The molecule has 0 radical (unpaired) electrons. The van der Waals surface area contributed by atoms with Gasteiger partial charge in [0, 0.05) is 36.9 Å². The van der Waals surface area contributed by atoms with Crippen molar-refractivity contribution >= 4 is 21.6 Å². The molecule has 0 aliphatic carbocycles. The predicted octanol–water partition coefficient (Wildman–Crippen LogP) is 3.02. The van der Waals surface area contributed by atoms with Crippen LogP contribution in [0.25, 0.3) is 0 Å². The van der Waals surface area contributed by atoms with Gasteiger partial charge in [0.25, 0.3) is 5.91 Å². The van der Waals surface area contributed by atoms with Crippen molar-refractivity contribution in [1.29, 1.82) is 0 Å². The third kappa shape index (κ3) is 6.35. The van der Waals surface area contributed by atoms with Crippen molar-refractivity contribution in [3.05, 3.63) is 60.2 Å². The number of amides is 1. The standard InChI is InChI=1S/C21H29N3O3S/c1-4-24(19-9-6-5-7-10-19)16-8-15-22-21(25)18-11-13-20(14-12-18)28(26,27)23-17(2)3/h5-7,9-14,17,23H,4,8,15-16H2,1-3H3,(H,22,25). The molecule has 0 unspecified atom stereocenters. The van der Waals surface area contributed by atoms with Gasteiger partial charge in [0.05, 0.1) is 4.90 Å². The van der Waals surface area contributed by atoms with Gasteiger partial charge >= 0.3 is 0 Å². The smallest absolute Gasteiger partial charge is 0.251 e. The Hall–Kier alpha value is -2.38. The number of nitrogens with zero attached hydrogens (tertiary/aromatic N) is 1. The van der Waals surface area contributed by atoms with E-state index in [4.69, 9.17) is 0 Å². The summed E-state index contributed by atoms with van der Waals surface area (Å²) >= 11 is 0. The maximum Gasteiger partial charge on any atom is 0.251 e. The van der Waals surface area contributed by atoms with E-state index in [9.17, 15) is 13.2 Å². The molecule has 0 fully saturated rings. The van der Waals surface area contributed by atoms with Crippen LogP contribution in [0, 0.1) is 0 Å². The molecule has 1 amide bonds. The molecule has 2 rings (SSSR count). The Morgan fingerprint density at radius 3 is 2.25 bits per heavy atom. The van der Waals surface area contributed by atoms with E-state index < -0.39 is 10.0 Å². The molecule has 0 saturated heterocycles. The van der Waals surface area contributed by atoms with E-state index in [0.29, 0.717) is 12.1 Å². The SMILES string of the molecule is CCN(CCCNC(=O)c1ccc(S(=O)(=O)NC(C)C)cc1)c1ccccc1. The third-order valence-corrected chi connectivity index (χ3v) is 5.89. The van der Waals surface area contributed by atoms with Crippen LogP contribution < -0.4 is 14.9 Å². The van der Waals surface area contributed by atoms with E-state index in [-0.39, 0.29) is 16.8 Å². The highest BCUT2D eigenvalue weighted by atomic mass is 32.2. The van der Waals surface area contributed by atoms with Crippen LogP contribution in [-0.2, 0) is 10.0 Å². The molecule has 2 aromatic rings. The molecule has 0 saturated carbocycles. The van der Waals surface area contributed by atoms with Crippen molar-refractivity contribution in [2.24, 2.45) is 0 Å². The van der Waals surface area contributed by atoms with Crippen LogP contribution in [-0.4, -0.2) is 40.0 Å². The predicted molar refractivity (Wildman–Crippen MR) is 113 cm³/mol. The number of carbonyl (C=O) groups excluding carboxylic acids is 1. The quantitative estimate of drug-likeness (QED) is 0.598. The first-order valence-corrected chi connectivity index (χ1v) is 11.0. The molecule has 0 heterocycles. The second kappa shape index (κ2) is 10.2. The van der Waals surface area contributed by atoms with Gasteiger partial charge in [0.1, 0.15) is 0 Å². The monoisotopic (exact) mass is 403 g/mol.